The fraction of sp³-hybridized carbons (Fsp3) is 1.00. The van der Waals surface area contributed by atoms with Gasteiger partial charge in [-0.15, -0.1) is 0 Å². The summed E-state index contributed by atoms with van der Waals surface area (Å²) in [4.78, 5) is 5.18. The van der Waals surface area contributed by atoms with Crippen LogP contribution in [0.25, 0.3) is 0 Å². The molecule has 2 heteroatoms. The number of hydrogen-bond donors (Lipinski definition) is 0. The van der Waals surface area contributed by atoms with Crippen molar-refractivity contribution in [2.24, 2.45) is 5.41 Å². The van der Waals surface area contributed by atoms with Crippen LogP contribution in [0.3, 0.4) is 0 Å². The molecule has 0 aromatic heterocycles. The Morgan fingerprint density at radius 1 is 1.00 bits per heavy atom. The molecule has 2 rings (SSSR count). The van der Waals surface area contributed by atoms with Gasteiger partial charge in [0.15, 0.2) is 0 Å². The second kappa shape index (κ2) is 6.19. The first-order chi connectivity index (χ1) is 8.05. The molecule has 2 aliphatic heterocycles. The van der Waals surface area contributed by atoms with Crippen molar-refractivity contribution in [1.82, 2.24) is 9.80 Å². The summed E-state index contributed by atoms with van der Waals surface area (Å²) in [7, 11) is 2.29. The molecule has 0 aliphatic carbocycles. The molecule has 0 amide bonds. The molecule has 1 atom stereocenters. The second-order valence-corrected chi connectivity index (χ2v) is 5.90. The van der Waals surface area contributed by atoms with Gasteiger partial charge in [0.2, 0.25) is 0 Å². The molecule has 0 aromatic carbocycles. The van der Waals surface area contributed by atoms with Crippen molar-refractivity contribution in [3.63, 3.8) is 0 Å². The zero-order valence-corrected chi connectivity index (χ0v) is 12.8. The minimum absolute atomic E-state index is 0.653. The van der Waals surface area contributed by atoms with E-state index in [9.17, 15) is 0 Å². The second-order valence-electron chi connectivity index (χ2n) is 5.90. The Morgan fingerprint density at radius 3 is 1.82 bits per heavy atom. The Balaban J connectivity index is 0.000000686. The van der Waals surface area contributed by atoms with Crippen LogP contribution in [0.15, 0.2) is 0 Å². The highest BCUT2D eigenvalue weighted by atomic mass is 15.2. The average molecular weight is 240 g/mol. The maximum absolute atomic E-state index is 2.64. The maximum Gasteiger partial charge on any atom is 0.0122 e. The Kier molecular flexibility index (Phi) is 5.46. The molecule has 0 bridgehead atoms. The van der Waals surface area contributed by atoms with Crippen LogP contribution >= 0.6 is 0 Å². The summed E-state index contributed by atoms with van der Waals surface area (Å²) < 4.78 is 0. The lowest BCUT2D eigenvalue weighted by Gasteiger charge is -2.44. The Labute approximate surface area is 108 Å². The molecule has 2 heterocycles. The molecule has 2 saturated heterocycles. The molecule has 0 radical (unpaired) electrons. The SMILES string of the molecule is CC.CC(C)N1CCC2(CCN(C)C2C)CC1. The fourth-order valence-corrected chi connectivity index (χ4v) is 3.42. The molecule has 0 saturated carbocycles. The smallest absolute Gasteiger partial charge is 0.0122 e. The first-order valence-corrected chi connectivity index (χ1v) is 7.49. The van der Waals surface area contributed by atoms with Crippen molar-refractivity contribution in [2.45, 2.75) is 66.0 Å². The molecule has 2 nitrogen and oxygen atoms in total. The van der Waals surface area contributed by atoms with Crippen LogP contribution in [-0.2, 0) is 0 Å². The molecule has 2 aliphatic rings. The summed E-state index contributed by atoms with van der Waals surface area (Å²) in [6.45, 7) is 15.0. The summed E-state index contributed by atoms with van der Waals surface area (Å²) in [5.41, 5.74) is 0.653. The van der Waals surface area contributed by atoms with E-state index in [4.69, 9.17) is 0 Å². The highest BCUT2D eigenvalue weighted by Crippen LogP contribution is 2.44. The van der Waals surface area contributed by atoms with Gasteiger partial charge in [-0.2, -0.15) is 0 Å². The predicted octanol–water partition coefficient (Wildman–Crippen LogP) is 3.23. The molecular weight excluding hydrogens is 208 g/mol. The number of rotatable bonds is 1. The van der Waals surface area contributed by atoms with Crippen LogP contribution in [-0.4, -0.2) is 48.6 Å². The van der Waals surface area contributed by atoms with E-state index in [1.807, 2.05) is 13.8 Å². The highest BCUT2D eigenvalue weighted by molar-refractivity contribution is 4.98. The summed E-state index contributed by atoms with van der Waals surface area (Å²) in [6, 6.07) is 1.53. The maximum atomic E-state index is 2.64. The third-order valence-electron chi connectivity index (χ3n) is 5.03. The van der Waals surface area contributed by atoms with Gasteiger partial charge in [-0.1, -0.05) is 13.8 Å². The molecule has 0 aromatic rings. The first kappa shape index (κ1) is 15.0. The predicted molar refractivity (Wildman–Crippen MR) is 76.4 cm³/mol. The van der Waals surface area contributed by atoms with Gasteiger partial charge >= 0.3 is 0 Å². The average Bonchev–Trinajstić information content (AvgIpc) is 2.62. The number of piperidine rings is 1. The van der Waals surface area contributed by atoms with Crippen molar-refractivity contribution in [3.05, 3.63) is 0 Å². The summed E-state index contributed by atoms with van der Waals surface area (Å²) in [5.74, 6) is 0. The molecule has 1 spiro atoms. The van der Waals surface area contributed by atoms with Crippen LogP contribution < -0.4 is 0 Å². The van der Waals surface area contributed by atoms with Crippen molar-refractivity contribution < 1.29 is 0 Å². The lowest BCUT2D eigenvalue weighted by atomic mass is 9.73. The first-order valence-electron chi connectivity index (χ1n) is 7.49. The van der Waals surface area contributed by atoms with E-state index in [1.165, 1.54) is 38.9 Å². The lowest BCUT2D eigenvalue weighted by molar-refractivity contribution is 0.0610. The van der Waals surface area contributed by atoms with Gasteiger partial charge in [-0.3, -0.25) is 0 Å². The van der Waals surface area contributed by atoms with Crippen LogP contribution in [0.5, 0.6) is 0 Å². The van der Waals surface area contributed by atoms with E-state index in [-0.39, 0.29) is 0 Å². The van der Waals surface area contributed by atoms with Crippen molar-refractivity contribution in [3.8, 4) is 0 Å². The van der Waals surface area contributed by atoms with Gasteiger partial charge in [-0.05, 0) is 72.1 Å². The van der Waals surface area contributed by atoms with Crippen molar-refractivity contribution in [2.75, 3.05) is 26.7 Å². The van der Waals surface area contributed by atoms with Gasteiger partial charge in [-0.25, -0.2) is 0 Å². The summed E-state index contributed by atoms with van der Waals surface area (Å²) in [5, 5.41) is 0. The molecule has 17 heavy (non-hydrogen) atoms. The van der Waals surface area contributed by atoms with Crippen molar-refractivity contribution >= 4 is 0 Å². The third-order valence-corrected chi connectivity index (χ3v) is 5.03. The molecule has 1 unspecified atom stereocenters. The molecular formula is C15H32N2. The van der Waals surface area contributed by atoms with E-state index < -0.39 is 0 Å². The van der Waals surface area contributed by atoms with E-state index in [0.717, 1.165) is 12.1 Å². The molecule has 2 fully saturated rings. The largest absolute Gasteiger partial charge is 0.303 e. The Morgan fingerprint density at radius 2 is 1.47 bits per heavy atom. The standard InChI is InChI=1S/C13H26N2.C2H6/c1-11(2)15-9-6-13(7-10-15)5-8-14(4)12(13)3;1-2/h11-12H,5-10H2,1-4H3;1-2H3. The molecule has 0 N–H and O–H groups in total. The van der Waals surface area contributed by atoms with E-state index in [2.05, 4.69) is 37.6 Å². The minimum Gasteiger partial charge on any atom is -0.303 e. The number of likely N-dealkylation sites (tertiary alicyclic amines) is 2. The Hall–Kier alpha value is -0.0800. The normalized spacial score (nSPS) is 29.5. The van der Waals surface area contributed by atoms with Crippen molar-refractivity contribution in [1.29, 1.82) is 0 Å². The van der Waals surface area contributed by atoms with Crippen LogP contribution in [0.1, 0.15) is 53.9 Å². The molecule has 102 valence electrons. The van der Waals surface area contributed by atoms with Crippen LogP contribution in [0, 0.1) is 5.41 Å². The third kappa shape index (κ3) is 3.03. The summed E-state index contributed by atoms with van der Waals surface area (Å²) >= 11 is 0. The number of hydrogen-bond acceptors (Lipinski definition) is 2. The minimum atomic E-state index is 0.653. The monoisotopic (exact) mass is 240 g/mol. The van der Waals surface area contributed by atoms with Gasteiger partial charge in [0.25, 0.3) is 0 Å². The van der Waals surface area contributed by atoms with E-state index >= 15 is 0 Å². The topological polar surface area (TPSA) is 6.48 Å². The quantitative estimate of drug-likeness (QED) is 0.694. The highest BCUT2D eigenvalue weighted by Gasteiger charge is 2.44. The van der Waals surface area contributed by atoms with Gasteiger partial charge in [0, 0.05) is 12.1 Å². The van der Waals surface area contributed by atoms with Crippen LogP contribution in [0.2, 0.25) is 0 Å². The Bertz CT molecular complexity index is 217. The van der Waals surface area contributed by atoms with E-state index in [1.54, 1.807) is 0 Å². The zero-order valence-electron chi connectivity index (χ0n) is 12.8. The number of nitrogens with zero attached hydrogens (tertiary/aromatic N) is 2. The van der Waals surface area contributed by atoms with Crippen LogP contribution in [0.4, 0.5) is 0 Å². The fourth-order valence-electron chi connectivity index (χ4n) is 3.42. The van der Waals surface area contributed by atoms with Gasteiger partial charge in [0.05, 0.1) is 0 Å². The van der Waals surface area contributed by atoms with E-state index in [0.29, 0.717) is 5.41 Å². The van der Waals surface area contributed by atoms with Gasteiger partial charge < -0.3 is 9.80 Å². The summed E-state index contributed by atoms with van der Waals surface area (Å²) in [6.07, 6.45) is 4.25. The zero-order chi connectivity index (χ0) is 13.1. The van der Waals surface area contributed by atoms with Gasteiger partial charge in [0.1, 0.15) is 0 Å². The lowest BCUT2D eigenvalue weighted by Crippen LogP contribution is -2.47.